The molecule has 7 heteroatoms. The van der Waals surface area contributed by atoms with Crippen LogP contribution in [-0.4, -0.2) is 17.0 Å². The maximum absolute atomic E-state index is 12.2. The number of nitro groups is 1. The fraction of sp³-hybridized carbons (Fsp3) is 0.188. The van der Waals surface area contributed by atoms with Crippen molar-refractivity contribution in [1.29, 1.82) is 0 Å². The third-order valence-electron chi connectivity index (χ3n) is 3.77. The summed E-state index contributed by atoms with van der Waals surface area (Å²) in [6, 6.07) is 6.25. The van der Waals surface area contributed by atoms with Gasteiger partial charge in [-0.2, -0.15) is 0 Å². The first kappa shape index (κ1) is 15.2. The molecule has 1 aliphatic rings. The molecule has 23 heavy (non-hydrogen) atoms. The van der Waals surface area contributed by atoms with Crippen LogP contribution in [0.15, 0.2) is 30.3 Å². The molecule has 118 valence electrons. The maximum Gasteiger partial charge on any atom is 0.269 e. The first-order valence-electron chi connectivity index (χ1n) is 7.06. The minimum Gasteiger partial charge on any atom is -0.353 e. The smallest absolute Gasteiger partial charge is 0.269 e. The van der Waals surface area contributed by atoms with E-state index in [1.165, 1.54) is 12.1 Å². The second-order valence-electron chi connectivity index (χ2n) is 5.29. The molecule has 0 saturated carbocycles. The van der Waals surface area contributed by atoms with E-state index in [2.05, 4.69) is 10.6 Å². The van der Waals surface area contributed by atoms with E-state index in [0.717, 1.165) is 21.0 Å². The summed E-state index contributed by atoms with van der Waals surface area (Å²) in [6.45, 7) is 3.94. The van der Waals surface area contributed by atoms with Crippen LogP contribution in [0.2, 0.25) is 0 Å². The third kappa shape index (κ3) is 2.95. The van der Waals surface area contributed by atoms with Gasteiger partial charge in [0.2, 0.25) is 0 Å². The molecule has 2 aromatic rings. The number of amides is 1. The highest BCUT2D eigenvalue weighted by Gasteiger charge is 2.26. The number of nitrogens with one attached hydrogen (secondary N) is 2. The van der Waals surface area contributed by atoms with Crippen LogP contribution >= 0.6 is 11.3 Å². The van der Waals surface area contributed by atoms with Crippen LogP contribution in [0.5, 0.6) is 0 Å². The summed E-state index contributed by atoms with van der Waals surface area (Å²) in [7, 11) is 0. The Kier molecular flexibility index (Phi) is 3.87. The molecule has 0 saturated heterocycles. The monoisotopic (exact) mass is 329 g/mol. The van der Waals surface area contributed by atoms with Gasteiger partial charge in [0, 0.05) is 17.0 Å². The summed E-state index contributed by atoms with van der Waals surface area (Å²) >= 11 is 1.57. The van der Waals surface area contributed by atoms with Gasteiger partial charge in [-0.25, -0.2) is 0 Å². The molecule has 0 unspecified atom stereocenters. The average molecular weight is 329 g/mol. The highest BCUT2D eigenvalue weighted by atomic mass is 32.1. The number of fused-ring (bicyclic) bond motifs is 1. The number of benzene rings is 1. The average Bonchev–Trinajstić information content (AvgIpc) is 2.80. The number of anilines is 1. The van der Waals surface area contributed by atoms with E-state index >= 15 is 0 Å². The zero-order valence-corrected chi connectivity index (χ0v) is 13.4. The fourth-order valence-electron chi connectivity index (χ4n) is 2.40. The Bertz CT molecular complexity index is 809. The summed E-state index contributed by atoms with van der Waals surface area (Å²) in [5, 5.41) is 17.7. The number of carbonyl (C=O) groups excluding carboxylic acids is 1. The van der Waals surface area contributed by atoms with Crippen molar-refractivity contribution in [3.05, 3.63) is 62.0 Å². The lowest BCUT2D eigenvalue weighted by Crippen LogP contribution is -2.43. The predicted octanol–water partition coefficient (Wildman–Crippen LogP) is 3.47. The second kappa shape index (κ2) is 5.85. The van der Waals surface area contributed by atoms with Crippen molar-refractivity contribution in [2.45, 2.75) is 20.0 Å². The minimum absolute atomic E-state index is 0.0559. The third-order valence-corrected chi connectivity index (χ3v) is 4.91. The number of rotatable bonds is 3. The Morgan fingerprint density at radius 2 is 1.91 bits per heavy atom. The molecule has 0 bridgehead atoms. The Labute approximate surface area is 137 Å². The van der Waals surface area contributed by atoms with E-state index in [-0.39, 0.29) is 17.8 Å². The second-order valence-corrected chi connectivity index (χ2v) is 6.52. The lowest BCUT2D eigenvalue weighted by atomic mass is 10.1. The number of hydrogen-bond donors (Lipinski definition) is 2. The molecule has 2 N–H and O–H groups in total. The Balaban J connectivity index is 1.76. The Morgan fingerprint density at radius 3 is 2.57 bits per heavy atom. The van der Waals surface area contributed by atoms with Crippen LogP contribution in [0.1, 0.15) is 26.4 Å². The molecule has 0 aliphatic carbocycles. The summed E-state index contributed by atoms with van der Waals surface area (Å²) in [5.41, 5.74) is 2.61. The van der Waals surface area contributed by atoms with Gasteiger partial charge in [-0.15, -0.1) is 11.3 Å². The van der Waals surface area contributed by atoms with Crippen molar-refractivity contribution in [3.8, 4) is 0 Å². The fourth-order valence-corrected chi connectivity index (χ4v) is 3.50. The van der Waals surface area contributed by atoms with Crippen molar-refractivity contribution in [2.24, 2.45) is 0 Å². The first-order valence-corrected chi connectivity index (χ1v) is 7.87. The number of nitrogens with zero attached hydrogens (tertiary/aromatic N) is 1. The van der Waals surface area contributed by atoms with Gasteiger partial charge >= 0.3 is 0 Å². The van der Waals surface area contributed by atoms with Gasteiger partial charge in [0.1, 0.15) is 11.2 Å². The van der Waals surface area contributed by atoms with Gasteiger partial charge in [-0.05, 0) is 43.2 Å². The van der Waals surface area contributed by atoms with Crippen LogP contribution in [0, 0.1) is 24.0 Å². The molecule has 0 spiro atoms. The molecule has 1 aromatic heterocycles. The van der Waals surface area contributed by atoms with Crippen molar-refractivity contribution in [3.63, 3.8) is 0 Å². The molecule has 6 nitrogen and oxygen atoms in total. The molecule has 1 aliphatic heterocycles. The highest BCUT2D eigenvalue weighted by molar-refractivity contribution is 7.16. The van der Waals surface area contributed by atoms with Gasteiger partial charge in [-0.3, -0.25) is 14.9 Å². The number of non-ortho nitro benzene ring substituents is 1. The minimum atomic E-state index is -0.431. The van der Waals surface area contributed by atoms with Gasteiger partial charge in [0.15, 0.2) is 0 Å². The summed E-state index contributed by atoms with van der Waals surface area (Å²) in [5.74, 6) is -0.0843. The highest BCUT2D eigenvalue weighted by Crippen LogP contribution is 2.34. The number of carbonyl (C=O) groups is 1. The van der Waals surface area contributed by atoms with Crippen molar-refractivity contribution >= 4 is 34.0 Å². The molecule has 1 amide bonds. The molecular weight excluding hydrogens is 314 g/mol. The molecule has 0 radical (unpaired) electrons. The van der Waals surface area contributed by atoms with Crippen LogP contribution in [0.4, 0.5) is 10.7 Å². The largest absolute Gasteiger partial charge is 0.353 e. The molecule has 1 atom stereocenters. The predicted molar refractivity (Wildman–Crippen MR) is 90.8 cm³/mol. The van der Waals surface area contributed by atoms with Gasteiger partial charge in [-0.1, -0.05) is 6.08 Å². The van der Waals surface area contributed by atoms with Crippen LogP contribution < -0.4 is 10.6 Å². The summed E-state index contributed by atoms with van der Waals surface area (Å²) < 4.78 is 0. The Morgan fingerprint density at radius 1 is 1.22 bits per heavy atom. The summed E-state index contributed by atoms with van der Waals surface area (Å²) in [4.78, 5) is 23.5. The van der Waals surface area contributed by atoms with Crippen molar-refractivity contribution in [1.82, 2.24) is 5.32 Å². The van der Waals surface area contributed by atoms with E-state index in [4.69, 9.17) is 0 Å². The maximum atomic E-state index is 12.2. The molecule has 1 aromatic carbocycles. The molecule has 2 heterocycles. The lowest BCUT2D eigenvalue weighted by Gasteiger charge is -2.23. The SMILES string of the molecule is Cc1sc2c(c1C)C(=O)N[C@@H](/C=C/c1ccc([N+](=O)[O-])cc1)N2. The zero-order valence-electron chi connectivity index (χ0n) is 12.6. The van der Waals surface area contributed by atoms with Crippen molar-refractivity contribution < 1.29 is 9.72 Å². The number of hydrogen-bond acceptors (Lipinski definition) is 5. The lowest BCUT2D eigenvalue weighted by molar-refractivity contribution is -0.384. The standard InChI is InChI=1S/C16H15N3O3S/c1-9-10(2)23-16-14(9)15(20)17-13(18-16)8-5-11-3-6-12(7-4-11)19(21)22/h3-8,13,18H,1-2H3,(H,17,20)/b8-5+/t13-/m1/s1. The number of thiophene rings is 1. The molecule has 3 rings (SSSR count). The molecule has 0 fully saturated rings. The quantitative estimate of drug-likeness (QED) is 0.667. The normalized spacial score (nSPS) is 16.8. The van der Waals surface area contributed by atoms with Gasteiger partial charge < -0.3 is 10.6 Å². The number of nitro benzene ring substituents is 1. The van der Waals surface area contributed by atoms with Crippen molar-refractivity contribution in [2.75, 3.05) is 5.32 Å². The van der Waals surface area contributed by atoms with Crippen LogP contribution in [0.25, 0.3) is 6.08 Å². The van der Waals surface area contributed by atoms with Crippen LogP contribution in [-0.2, 0) is 0 Å². The van der Waals surface area contributed by atoms with E-state index in [1.54, 1.807) is 23.5 Å². The number of aryl methyl sites for hydroxylation is 1. The topological polar surface area (TPSA) is 84.3 Å². The first-order chi connectivity index (χ1) is 11.0. The Hall–Kier alpha value is -2.67. The summed E-state index contributed by atoms with van der Waals surface area (Å²) in [6.07, 6.45) is 3.34. The van der Waals surface area contributed by atoms with E-state index < -0.39 is 4.92 Å². The zero-order chi connectivity index (χ0) is 16.6. The van der Waals surface area contributed by atoms with Gasteiger partial charge in [0.25, 0.3) is 11.6 Å². The molecular formula is C16H15N3O3S. The van der Waals surface area contributed by atoms with E-state index in [1.807, 2.05) is 26.0 Å². The van der Waals surface area contributed by atoms with Crippen LogP contribution in [0.3, 0.4) is 0 Å². The van der Waals surface area contributed by atoms with Gasteiger partial charge in [0.05, 0.1) is 10.5 Å². The van der Waals surface area contributed by atoms with E-state index in [0.29, 0.717) is 5.56 Å². The van der Waals surface area contributed by atoms with E-state index in [9.17, 15) is 14.9 Å².